The Balaban J connectivity index is 2.07. The Bertz CT molecular complexity index is 505. The summed E-state index contributed by atoms with van der Waals surface area (Å²) in [5, 5.41) is 21.8. The lowest BCUT2D eigenvalue weighted by Crippen LogP contribution is -2.33. The minimum atomic E-state index is -0.571. The van der Waals surface area contributed by atoms with Crippen molar-refractivity contribution < 1.29 is 24.5 Å². The molecule has 21 heavy (non-hydrogen) atoms. The monoisotopic (exact) mass is 295 g/mol. The molecule has 6 nitrogen and oxygen atoms in total. The highest BCUT2D eigenvalue weighted by Crippen LogP contribution is 2.28. The summed E-state index contributed by atoms with van der Waals surface area (Å²) in [4.78, 5) is 12.3. The van der Waals surface area contributed by atoms with Gasteiger partial charge in [0.1, 0.15) is 11.5 Å². The van der Waals surface area contributed by atoms with E-state index in [1.54, 1.807) is 25.3 Å². The number of rotatable bonds is 5. The first-order chi connectivity index (χ1) is 10.1. The first-order valence-corrected chi connectivity index (χ1v) is 6.90. The fourth-order valence-electron chi connectivity index (χ4n) is 2.67. The standard InChI is InChI=1S/C15H21NO5/c1-20-11-3-4-12(14(7-11)21-2)15(19)16-10-5-9(8-17)13(18)6-10/h3-4,7,9-10,13,17-18H,5-6,8H2,1-2H3,(H,16,19)/t9-,10+,13+/m1/s1. The second kappa shape index (κ2) is 6.78. The fourth-order valence-corrected chi connectivity index (χ4v) is 2.67. The molecular formula is C15H21NO5. The Morgan fingerprint density at radius 2 is 2.10 bits per heavy atom. The lowest BCUT2D eigenvalue weighted by molar-refractivity contribution is 0.0903. The van der Waals surface area contributed by atoms with Crippen molar-refractivity contribution in [3.05, 3.63) is 23.8 Å². The number of ether oxygens (including phenoxy) is 2. The highest BCUT2D eigenvalue weighted by Gasteiger charge is 2.33. The molecule has 0 heterocycles. The Kier molecular flexibility index (Phi) is 5.03. The number of aliphatic hydroxyl groups is 2. The summed E-state index contributed by atoms with van der Waals surface area (Å²) in [6.45, 7) is -0.0700. The quantitative estimate of drug-likeness (QED) is 0.739. The molecule has 1 aliphatic carbocycles. The average Bonchev–Trinajstić information content (AvgIpc) is 2.85. The van der Waals surface area contributed by atoms with Gasteiger partial charge in [0, 0.05) is 24.6 Å². The highest BCUT2D eigenvalue weighted by molar-refractivity contribution is 5.97. The zero-order valence-electron chi connectivity index (χ0n) is 12.2. The Hall–Kier alpha value is -1.79. The topological polar surface area (TPSA) is 88.0 Å². The van der Waals surface area contributed by atoms with Crippen LogP contribution in [0.2, 0.25) is 0 Å². The zero-order valence-corrected chi connectivity index (χ0v) is 12.2. The van der Waals surface area contributed by atoms with Gasteiger partial charge in [0.05, 0.1) is 25.9 Å². The molecule has 1 fully saturated rings. The average molecular weight is 295 g/mol. The van der Waals surface area contributed by atoms with Crippen LogP contribution in [-0.2, 0) is 0 Å². The van der Waals surface area contributed by atoms with E-state index < -0.39 is 6.10 Å². The van der Waals surface area contributed by atoms with E-state index >= 15 is 0 Å². The first kappa shape index (κ1) is 15.6. The van der Waals surface area contributed by atoms with Crippen LogP contribution in [0.3, 0.4) is 0 Å². The number of hydrogen-bond acceptors (Lipinski definition) is 5. The van der Waals surface area contributed by atoms with Crippen molar-refractivity contribution >= 4 is 5.91 Å². The molecule has 0 saturated heterocycles. The molecule has 0 bridgehead atoms. The summed E-state index contributed by atoms with van der Waals surface area (Å²) >= 11 is 0. The zero-order chi connectivity index (χ0) is 15.4. The number of carbonyl (C=O) groups is 1. The molecule has 3 N–H and O–H groups in total. The summed E-state index contributed by atoms with van der Waals surface area (Å²) in [7, 11) is 3.04. The predicted molar refractivity (Wildman–Crippen MR) is 76.6 cm³/mol. The normalized spacial score (nSPS) is 24.7. The molecule has 1 saturated carbocycles. The van der Waals surface area contributed by atoms with Crippen molar-refractivity contribution in [2.75, 3.05) is 20.8 Å². The van der Waals surface area contributed by atoms with Crippen LogP contribution in [0.1, 0.15) is 23.2 Å². The van der Waals surface area contributed by atoms with Gasteiger partial charge in [0.15, 0.2) is 0 Å². The fraction of sp³-hybridized carbons (Fsp3) is 0.533. The van der Waals surface area contributed by atoms with Crippen LogP contribution in [0.15, 0.2) is 18.2 Å². The number of methoxy groups -OCH3 is 2. The molecule has 0 radical (unpaired) electrons. The van der Waals surface area contributed by atoms with Crippen molar-refractivity contribution in [1.82, 2.24) is 5.32 Å². The minimum Gasteiger partial charge on any atom is -0.497 e. The molecule has 1 aromatic rings. The van der Waals surface area contributed by atoms with Gasteiger partial charge >= 0.3 is 0 Å². The lowest BCUT2D eigenvalue weighted by atomic mass is 10.1. The number of benzene rings is 1. The maximum atomic E-state index is 12.3. The van der Waals surface area contributed by atoms with E-state index in [0.29, 0.717) is 29.9 Å². The largest absolute Gasteiger partial charge is 0.497 e. The second-order valence-corrected chi connectivity index (χ2v) is 5.22. The minimum absolute atomic E-state index is 0.0700. The molecule has 1 aromatic carbocycles. The number of nitrogens with one attached hydrogen (secondary N) is 1. The third kappa shape index (κ3) is 3.46. The Morgan fingerprint density at radius 1 is 1.33 bits per heavy atom. The molecule has 0 spiro atoms. The van der Waals surface area contributed by atoms with Crippen molar-refractivity contribution in [3.8, 4) is 11.5 Å². The van der Waals surface area contributed by atoms with Gasteiger partial charge in [-0.15, -0.1) is 0 Å². The summed E-state index contributed by atoms with van der Waals surface area (Å²) < 4.78 is 10.3. The van der Waals surface area contributed by atoms with E-state index in [9.17, 15) is 9.90 Å². The van der Waals surface area contributed by atoms with E-state index in [0.717, 1.165) is 0 Å². The maximum Gasteiger partial charge on any atom is 0.255 e. The van der Waals surface area contributed by atoms with Crippen molar-refractivity contribution in [2.45, 2.75) is 25.0 Å². The molecular weight excluding hydrogens is 274 g/mol. The summed E-state index contributed by atoms with van der Waals surface area (Å²) in [6, 6.07) is 4.84. The molecule has 0 unspecified atom stereocenters. The highest BCUT2D eigenvalue weighted by atomic mass is 16.5. The summed E-state index contributed by atoms with van der Waals surface area (Å²) in [6.07, 6.45) is 0.454. The Morgan fingerprint density at radius 3 is 2.67 bits per heavy atom. The molecule has 3 atom stereocenters. The van der Waals surface area contributed by atoms with Gasteiger partial charge in [-0.05, 0) is 25.0 Å². The maximum absolute atomic E-state index is 12.3. The van der Waals surface area contributed by atoms with Gasteiger partial charge in [-0.3, -0.25) is 4.79 Å². The van der Waals surface area contributed by atoms with E-state index in [2.05, 4.69) is 5.32 Å². The molecule has 116 valence electrons. The lowest BCUT2D eigenvalue weighted by Gasteiger charge is -2.15. The SMILES string of the molecule is COc1ccc(C(=O)N[C@H]2C[C@H](CO)[C@@H](O)C2)c(OC)c1. The van der Waals surface area contributed by atoms with Crippen LogP contribution in [0.25, 0.3) is 0 Å². The van der Waals surface area contributed by atoms with Gasteiger partial charge in [0.25, 0.3) is 5.91 Å². The summed E-state index contributed by atoms with van der Waals surface area (Å²) in [5.74, 6) is 0.613. The van der Waals surface area contributed by atoms with E-state index in [-0.39, 0.29) is 24.5 Å². The van der Waals surface area contributed by atoms with Gasteiger partial charge in [-0.25, -0.2) is 0 Å². The van der Waals surface area contributed by atoms with Crippen molar-refractivity contribution in [2.24, 2.45) is 5.92 Å². The number of carbonyl (C=O) groups excluding carboxylic acids is 1. The van der Waals surface area contributed by atoms with E-state index in [4.69, 9.17) is 14.6 Å². The molecule has 2 rings (SSSR count). The van der Waals surface area contributed by atoms with Gasteiger partial charge in [-0.1, -0.05) is 0 Å². The molecule has 6 heteroatoms. The number of amides is 1. The smallest absolute Gasteiger partial charge is 0.255 e. The summed E-state index contributed by atoms with van der Waals surface area (Å²) in [5.41, 5.74) is 0.417. The predicted octanol–water partition coefficient (Wildman–Crippen LogP) is 0.565. The molecule has 0 aromatic heterocycles. The third-order valence-electron chi connectivity index (χ3n) is 3.88. The van der Waals surface area contributed by atoms with Crippen molar-refractivity contribution in [1.29, 1.82) is 0 Å². The molecule has 1 aliphatic rings. The van der Waals surface area contributed by atoms with Gasteiger partial charge in [-0.2, -0.15) is 0 Å². The number of aliphatic hydroxyl groups excluding tert-OH is 2. The van der Waals surface area contributed by atoms with Gasteiger partial charge in [0.2, 0.25) is 0 Å². The van der Waals surface area contributed by atoms with Crippen LogP contribution >= 0.6 is 0 Å². The first-order valence-electron chi connectivity index (χ1n) is 6.90. The van der Waals surface area contributed by atoms with Crippen LogP contribution in [0.5, 0.6) is 11.5 Å². The number of hydrogen-bond donors (Lipinski definition) is 3. The third-order valence-corrected chi connectivity index (χ3v) is 3.88. The van der Waals surface area contributed by atoms with Crippen LogP contribution < -0.4 is 14.8 Å². The van der Waals surface area contributed by atoms with E-state index in [1.165, 1.54) is 7.11 Å². The van der Waals surface area contributed by atoms with Crippen LogP contribution in [0.4, 0.5) is 0 Å². The molecule has 0 aliphatic heterocycles. The molecule has 1 amide bonds. The van der Waals surface area contributed by atoms with Gasteiger partial charge < -0.3 is 25.0 Å². The van der Waals surface area contributed by atoms with Crippen LogP contribution in [-0.4, -0.2) is 49.1 Å². The van der Waals surface area contributed by atoms with Crippen molar-refractivity contribution in [3.63, 3.8) is 0 Å². The van der Waals surface area contributed by atoms with E-state index in [1.807, 2.05) is 0 Å². The Labute approximate surface area is 123 Å². The second-order valence-electron chi connectivity index (χ2n) is 5.22. The van der Waals surface area contributed by atoms with Crippen LogP contribution in [0, 0.1) is 5.92 Å².